The molecule has 22 heavy (non-hydrogen) atoms. The molecule has 0 aromatic heterocycles. The Kier molecular flexibility index (Phi) is 8.31. The molecule has 1 aliphatic rings. The third-order valence-electron chi connectivity index (χ3n) is 4.40. The van der Waals surface area contributed by atoms with Crippen molar-refractivity contribution in [1.82, 2.24) is 15.1 Å². The van der Waals surface area contributed by atoms with E-state index in [0.717, 1.165) is 5.75 Å². The molecule has 0 amide bonds. The minimum atomic E-state index is 0.596. The summed E-state index contributed by atoms with van der Waals surface area (Å²) in [4.78, 5) is 6.59. The number of piperazine rings is 1. The zero-order valence-corrected chi connectivity index (χ0v) is 14.9. The number of nitrogens with one attached hydrogen (secondary N) is 1. The standard InChI is InChI=1S/C18H31N3S/c1-3-10-20-12-14-21(15-13-20)11-9-17(19-2)16-22-18-7-5-4-6-8-18/h4-8,17,19H,3,9-16H2,1-2H3/t17-/m1/s1. The highest BCUT2D eigenvalue weighted by molar-refractivity contribution is 7.99. The largest absolute Gasteiger partial charge is 0.316 e. The minimum absolute atomic E-state index is 0.596. The summed E-state index contributed by atoms with van der Waals surface area (Å²) in [5, 5.41) is 3.48. The second-order valence-electron chi connectivity index (χ2n) is 6.08. The van der Waals surface area contributed by atoms with E-state index in [1.165, 1.54) is 57.0 Å². The van der Waals surface area contributed by atoms with Crippen molar-refractivity contribution in [2.75, 3.05) is 52.1 Å². The van der Waals surface area contributed by atoms with Gasteiger partial charge in [0.25, 0.3) is 0 Å². The zero-order chi connectivity index (χ0) is 15.6. The molecule has 1 heterocycles. The third kappa shape index (κ3) is 6.29. The van der Waals surface area contributed by atoms with Crippen LogP contribution in [0.4, 0.5) is 0 Å². The lowest BCUT2D eigenvalue weighted by Crippen LogP contribution is -2.47. The Morgan fingerprint density at radius 3 is 2.27 bits per heavy atom. The van der Waals surface area contributed by atoms with Crippen molar-refractivity contribution in [3.63, 3.8) is 0 Å². The highest BCUT2D eigenvalue weighted by Gasteiger charge is 2.17. The van der Waals surface area contributed by atoms with Gasteiger partial charge in [0, 0.05) is 42.9 Å². The monoisotopic (exact) mass is 321 g/mol. The molecule has 0 saturated carbocycles. The predicted octanol–water partition coefficient (Wildman–Crippen LogP) is 2.78. The fourth-order valence-corrected chi connectivity index (χ4v) is 3.99. The van der Waals surface area contributed by atoms with Gasteiger partial charge in [-0.2, -0.15) is 0 Å². The maximum absolute atomic E-state index is 3.48. The van der Waals surface area contributed by atoms with Crippen molar-refractivity contribution in [3.8, 4) is 0 Å². The molecular weight excluding hydrogens is 290 g/mol. The van der Waals surface area contributed by atoms with Crippen LogP contribution in [-0.2, 0) is 0 Å². The van der Waals surface area contributed by atoms with Crippen LogP contribution in [0.5, 0.6) is 0 Å². The fraction of sp³-hybridized carbons (Fsp3) is 0.667. The molecule has 1 fully saturated rings. The van der Waals surface area contributed by atoms with Gasteiger partial charge in [0.2, 0.25) is 0 Å². The third-order valence-corrected chi connectivity index (χ3v) is 5.58. The highest BCUT2D eigenvalue weighted by atomic mass is 32.2. The molecule has 0 bridgehead atoms. The summed E-state index contributed by atoms with van der Waals surface area (Å²) in [5.74, 6) is 1.15. The van der Waals surface area contributed by atoms with E-state index < -0.39 is 0 Å². The predicted molar refractivity (Wildman–Crippen MR) is 97.8 cm³/mol. The molecule has 4 heteroatoms. The Balaban J connectivity index is 1.64. The van der Waals surface area contributed by atoms with Crippen LogP contribution >= 0.6 is 11.8 Å². The van der Waals surface area contributed by atoms with E-state index in [-0.39, 0.29) is 0 Å². The Morgan fingerprint density at radius 2 is 1.68 bits per heavy atom. The maximum Gasteiger partial charge on any atom is 0.0170 e. The quantitative estimate of drug-likeness (QED) is 0.705. The lowest BCUT2D eigenvalue weighted by molar-refractivity contribution is 0.129. The highest BCUT2D eigenvalue weighted by Crippen LogP contribution is 2.19. The normalized spacial score (nSPS) is 18.5. The molecular formula is C18H31N3S. The Morgan fingerprint density at radius 1 is 1.05 bits per heavy atom. The van der Waals surface area contributed by atoms with Gasteiger partial charge >= 0.3 is 0 Å². The maximum atomic E-state index is 3.48. The first-order valence-corrected chi connectivity index (χ1v) is 9.60. The molecule has 1 aliphatic heterocycles. The van der Waals surface area contributed by atoms with Gasteiger partial charge in [-0.1, -0.05) is 25.1 Å². The summed E-state index contributed by atoms with van der Waals surface area (Å²) in [5.41, 5.74) is 0. The van der Waals surface area contributed by atoms with Crippen molar-refractivity contribution in [3.05, 3.63) is 30.3 Å². The van der Waals surface area contributed by atoms with Crippen molar-refractivity contribution < 1.29 is 0 Å². The average molecular weight is 322 g/mol. The number of nitrogens with zero attached hydrogens (tertiary/aromatic N) is 2. The molecule has 2 rings (SSSR count). The molecule has 124 valence electrons. The lowest BCUT2D eigenvalue weighted by Gasteiger charge is -2.35. The Hall–Kier alpha value is -0.550. The molecule has 1 atom stereocenters. The molecule has 0 unspecified atom stereocenters. The van der Waals surface area contributed by atoms with Gasteiger partial charge in [-0.05, 0) is 45.1 Å². The molecule has 1 aromatic carbocycles. The molecule has 1 saturated heterocycles. The van der Waals surface area contributed by atoms with Crippen LogP contribution in [0.3, 0.4) is 0 Å². The van der Waals surface area contributed by atoms with Crippen LogP contribution in [-0.4, -0.2) is 67.9 Å². The lowest BCUT2D eigenvalue weighted by atomic mass is 10.2. The van der Waals surface area contributed by atoms with Crippen LogP contribution in [0.15, 0.2) is 35.2 Å². The van der Waals surface area contributed by atoms with Crippen LogP contribution < -0.4 is 5.32 Å². The molecule has 1 N–H and O–H groups in total. The van der Waals surface area contributed by atoms with Gasteiger partial charge in [-0.25, -0.2) is 0 Å². The van der Waals surface area contributed by atoms with Crippen LogP contribution in [0.1, 0.15) is 19.8 Å². The zero-order valence-electron chi connectivity index (χ0n) is 14.1. The number of benzene rings is 1. The Labute approximate surface area is 140 Å². The first kappa shape index (κ1) is 17.8. The van der Waals surface area contributed by atoms with E-state index in [1.54, 1.807) is 0 Å². The van der Waals surface area contributed by atoms with E-state index in [4.69, 9.17) is 0 Å². The Bertz CT molecular complexity index is 391. The number of hydrogen-bond donors (Lipinski definition) is 1. The van der Waals surface area contributed by atoms with Gasteiger partial charge in [-0.3, -0.25) is 0 Å². The molecule has 0 aliphatic carbocycles. The van der Waals surface area contributed by atoms with E-state index in [1.807, 2.05) is 11.8 Å². The number of hydrogen-bond acceptors (Lipinski definition) is 4. The van der Waals surface area contributed by atoms with Crippen molar-refractivity contribution in [2.45, 2.75) is 30.7 Å². The van der Waals surface area contributed by atoms with Crippen LogP contribution in [0.25, 0.3) is 0 Å². The summed E-state index contributed by atoms with van der Waals surface area (Å²) in [7, 11) is 2.09. The van der Waals surface area contributed by atoms with Crippen molar-refractivity contribution in [1.29, 1.82) is 0 Å². The summed E-state index contributed by atoms with van der Waals surface area (Å²) >= 11 is 1.96. The van der Waals surface area contributed by atoms with Gasteiger partial charge in [0.05, 0.1) is 0 Å². The van der Waals surface area contributed by atoms with Gasteiger partial charge in [0.15, 0.2) is 0 Å². The van der Waals surface area contributed by atoms with Gasteiger partial charge in [0.1, 0.15) is 0 Å². The van der Waals surface area contributed by atoms with Crippen LogP contribution in [0.2, 0.25) is 0 Å². The SMILES string of the molecule is CCCN1CCN(CC[C@H](CSc2ccccc2)NC)CC1. The summed E-state index contributed by atoms with van der Waals surface area (Å²) < 4.78 is 0. The second-order valence-corrected chi connectivity index (χ2v) is 7.18. The second kappa shape index (κ2) is 10.3. The fourth-order valence-electron chi connectivity index (χ4n) is 2.92. The topological polar surface area (TPSA) is 18.5 Å². The molecule has 0 radical (unpaired) electrons. The summed E-state index contributed by atoms with van der Waals surface area (Å²) in [6.07, 6.45) is 2.52. The first-order chi connectivity index (χ1) is 10.8. The van der Waals surface area contributed by atoms with E-state index in [9.17, 15) is 0 Å². The van der Waals surface area contributed by atoms with Crippen molar-refractivity contribution in [2.24, 2.45) is 0 Å². The van der Waals surface area contributed by atoms with Gasteiger partial charge < -0.3 is 15.1 Å². The number of thioether (sulfide) groups is 1. The first-order valence-electron chi connectivity index (χ1n) is 8.61. The van der Waals surface area contributed by atoms with Gasteiger partial charge in [-0.15, -0.1) is 11.8 Å². The summed E-state index contributed by atoms with van der Waals surface area (Å²) in [6.45, 7) is 9.73. The minimum Gasteiger partial charge on any atom is -0.316 e. The molecule has 0 spiro atoms. The smallest absolute Gasteiger partial charge is 0.0170 e. The average Bonchev–Trinajstić information content (AvgIpc) is 2.57. The van der Waals surface area contributed by atoms with Crippen molar-refractivity contribution >= 4 is 11.8 Å². The van der Waals surface area contributed by atoms with Crippen LogP contribution in [0, 0.1) is 0 Å². The number of rotatable bonds is 9. The molecule has 1 aromatic rings. The van der Waals surface area contributed by atoms with E-state index in [0.29, 0.717) is 6.04 Å². The summed E-state index contributed by atoms with van der Waals surface area (Å²) in [6, 6.07) is 11.3. The molecule has 3 nitrogen and oxygen atoms in total. The van der Waals surface area contributed by atoms with E-state index in [2.05, 4.69) is 59.4 Å². The van der Waals surface area contributed by atoms with E-state index >= 15 is 0 Å².